The summed E-state index contributed by atoms with van der Waals surface area (Å²) in [5.41, 5.74) is 7.96. The molecule has 2 fully saturated rings. The number of nitrogens with zero attached hydrogens (tertiary/aromatic N) is 1. The van der Waals surface area contributed by atoms with Crippen molar-refractivity contribution in [2.24, 2.45) is 11.7 Å². The van der Waals surface area contributed by atoms with E-state index in [1.54, 1.807) is 0 Å². The van der Waals surface area contributed by atoms with Crippen molar-refractivity contribution in [1.82, 2.24) is 0 Å². The fourth-order valence-electron chi connectivity index (χ4n) is 3.77. The quantitative estimate of drug-likeness (QED) is 0.894. The summed E-state index contributed by atoms with van der Waals surface area (Å²) >= 11 is 0. The second-order valence-electron chi connectivity index (χ2n) is 7.31. The van der Waals surface area contributed by atoms with Crippen LogP contribution >= 0.6 is 0 Å². The van der Waals surface area contributed by atoms with Crippen LogP contribution in [-0.4, -0.2) is 37.2 Å². The van der Waals surface area contributed by atoms with E-state index in [1.807, 2.05) is 12.1 Å². The SMILES string of the molecule is C[C@@H]1CN(c2ccc(NC(=O)C3CCC(N)CC3)cc2)C[C@@H](C)O1. The minimum atomic E-state index is 0.102. The van der Waals surface area contributed by atoms with Crippen LogP contribution in [-0.2, 0) is 9.53 Å². The molecule has 132 valence electrons. The Labute approximate surface area is 144 Å². The molecule has 0 radical (unpaired) electrons. The molecule has 0 unspecified atom stereocenters. The second kappa shape index (κ2) is 7.53. The van der Waals surface area contributed by atoms with Crippen LogP contribution in [0.5, 0.6) is 0 Å². The minimum absolute atomic E-state index is 0.102. The van der Waals surface area contributed by atoms with Crippen LogP contribution in [0.3, 0.4) is 0 Å². The van der Waals surface area contributed by atoms with E-state index in [0.717, 1.165) is 44.5 Å². The summed E-state index contributed by atoms with van der Waals surface area (Å²) < 4.78 is 5.78. The first-order valence-electron chi connectivity index (χ1n) is 9.08. The molecule has 1 aromatic rings. The molecule has 1 aromatic carbocycles. The Morgan fingerprint density at radius 1 is 1.08 bits per heavy atom. The molecule has 0 aromatic heterocycles. The topological polar surface area (TPSA) is 67.6 Å². The fraction of sp³-hybridized carbons (Fsp3) is 0.632. The standard InChI is InChI=1S/C19H29N3O2/c1-13-11-22(12-14(2)24-13)18-9-7-17(8-10-18)21-19(23)15-3-5-16(20)6-4-15/h7-10,13-16H,3-6,11-12,20H2,1-2H3,(H,21,23)/t13-,14-,15?,16?/m1/s1. The third kappa shape index (κ3) is 4.28. The van der Waals surface area contributed by atoms with Crippen molar-refractivity contribution in [3.05, 3.63) is 24.3 Å². The highest BCUT2D eigenvalue weighted by molar-refractivity contribution is 5.92. The number of anilines is 2. The van der Waals surface area contributed by atoms with Crippen LogP contribution < -0.4 is 16.0 Å². The van der Waals surface area contributed by atoms with E-state index >= 15 is 0 Å². The van der Waals surface area contributed by atoms with Crippen LogP contribution in [0.25, 0.3) is 0 Å². The van der Waals surface area contributed by atoms with Crippen LogP contribution in [0.15, 0.2) is 24.3 Å². The van der Waals surface area contributed by atoms with E-state index in [-0.39, 0.29) is 30.1 Å². The number of nitrogens with one attached hydrogen (secondary N) is 1. The number of hydrogen-bond acceptors (Lipinski definition) is 4. The number of hydrogen-bond donors (Lipinski definition) is 2. The first-order chi connectivity index (χ1) is 11.5. The van der Waals surface area contributed by atoms with Gasteiger partial charge in [0, 0.05) is 36.4 Å². The minimum Gasteiger partial charge on any atom is -0.372 e. The number of carbonyl (C=O) groups excluding carboxylic acids is 1. The Balaban J connectivity index is 1.57. The third-order valence-corrected chi connectivity index (χ3v) is 5.06. The van der Waals surface area contributed by atoms with Crippen molar-refractivity contribution in [3.8, 4) is 0 Å². The van der Waals surface area contributed by atoms with Crippen LogP contribution in [0.2, 0.25) is 0 Å². The number of nitrogens with two attached hydrogens (primary N) is 1. The molecular formula is C19H29N3O2. The number of rotatable bonds is 3. The van der Waals surface area contributed by atoms with Crippen molar-refractivity contribution in [3.63, 3.8) is 0 Å². The molecule has 1 saturated carbocycles. The first kappa shape index (κ1) is 17.2. The first-order valence-corrected chi connectivity index (χ1v) is 9.08. The Kier molecular flexibility index (Phi) is 5.41. The monoisotopic (exact) mass is 331 g/mol. The zero-order valence-corrected chi connectivity index (χ0v) is 14.7. The Hall–Kier alpha value is -1.59. The molecule has 3 rings (SSSR count). The van der Waals surface area contributed by atoms with Gasteiger partial charge in [0.15, 0.2) is 0 Å². The molecule has 24 heavy (non-hydrogen) atoms. The lowest BCUT2D eigenvalue weighted by Gasteiger charge is -2.36. The largest absolute Gasteiger partial charge is 0.372 e. The molecule has 0 spiro atoms. The zero-order chi connectivity index (χ0) is 17.1. The molecule has 1 heterocycles. The Morgan fingerprint density at radius 3 is 2.25 bits per heavy atom. The lowest BCUT2D eigenvalue weighted by Crippen LogP contribution is -2.45. The van der Waals surface area contributed by atoms with Crippen molar-refractivity contribution in [1.29, 1.82) is 0 Å². The fourth-order valence-corrected chi connectivity index (χ4v) is 3.77. The van der Waals surface area contributed by atoms with Gasteiger partial charge in [0.05, 0.1) is 12.2 Å². The molecule has 2 atom stereocenters. The number of ether oxygens (including phenoxy) is 1. The maximum atomic E-state index is 12.4. The van der Waals surface area contributed by atoms with Gasteiger partial charge >= 0.3 is 0 Å². The van der Waals surface area contributed by atoms with Crippen LogP contribution in [0, 0.1) is 5.92 Å². The molecule has 5 nitrogen and oxygen atoms in total. The normalized spacial score (nSPS) is 30.9. The number of carbonyl (C=O) groups is 1. The molecule has 0 bridgehead atoms. The molecule has 1 aliphatic carbocycles. The zero-order valence-electron chi connectivity index (χ0n) is 14.7. The summed E-state index contributed by atoms with van der Waals surface area (Å²) in [5, 5.41) is 3.05. The van der Waals surface area contributed by atoms with Crippen molar-refractivity contribution in [2.45, 2.75) is 57.8 Å². The number of benzene rings is 1. The predicted molar refractivity (Wildman–Crippen MR) is 97.2 cm³/mol. The molecule has 1 amide bonds. The van der Waals surface area contributed by atoms with Crippen molar-refractivity contribution in [2.75, 3.05) is 23.3 Å². The third-order valence-electron chi connectivity index (χ3n) is 5.06. The summed E-state index contributed by atoms with van der Waals surface area (Å²) in [5.74, 6) is 0.230. The highest BCUT2D eigenvalue weighted by Gasteiger charge is 2.25. The van der Waals surface area contributed by atoms with E-state index in [2.05, 4.69) is 36.2 Å². The van der Waals surface area contributed by atoms with Gasteiger partial charge in [-0.25, -0.2) is 0 Å². The van der Waals surface area contributed by atoms with Gasteiger partial charge in [0.1, 0.15) is 0 Å². The molecule has 5 heteroatoms. The van der Waals surface area contributed by atoms with Gasteiger partial charge in [-0.05, 0) is 63.8 Å². The summed E-state index contributed by atoms with van der Waals surface area (Å²) in [7, 11) is 0. The summed E-state index contributed by atoms with van der Waals surface area (Å²) in [6, 6.07) is 8.42. The van der Waals surface area contributed by atoms with Gasteiger partial charge in [-0.3, -0.25) is 4.79 Å². The summed E-state index contributed by atoms with van der Waals surface area (Å²) in [4.78, 5) is 14.7. The highest BCUT2D eigenvalue weighted by Crippen LogP contribution is 2.26. The summed E-state index contributed by atoms with van der Waals surface area (Å²) in [6.07, 6.45) is 4.18. The Bertz CT molecular complexity index is 542. The van der Waals surface area contributed by atoms with Gasteiger partial charge in [0.25, 0.3) is 0 Å². The predicted octanol–water partition coefficient (Wildman–Crippen LogP) is 2.76. The van der Waals surface area contributed by atoms with E-state index in [1.165, 1.54) is 5.69 Å². The van der Waals surface area contributed by atoms with E-state index in [0.29, 0.717) is 0 Å². The second-order valence-corrected chi connectivity index (χ2v) is 7.31. The molecule has 2 aliphatic rings. The van der Waals surface area contributed by atoms with E-state index in [4.69, 9.17) is 10.5 Å². The number of morpholine rings is 1. The van der Waals surface area contributed by atoms with E-state index < -0.39 is 0 Å². The van der Waals surface area contributed by atoms with Gasteiger partial charge in [-0.1, -0.05) is 0 Å². The number of amides is 1. The molecule has 1 saturated heterocycles. The Morgan fingerprint density at radius 2 is 1.67 bits per heavy atom. The molecule has 1 aliphatic heterocycles. The van der Waals surface area contributed by atoms with Crippen LogP contribution in [0.1, 0.15) is 39.5 Å². The highest BCUT2D eigenvalue weighted by atomic mass is 16.5. The van der Waals surface area contributed by atoms with Gasteiger partial charge in [-0.15, -0.1) is 0 Å². The van der Waals surface area contributed by atoms with Crippen molar-refractivity contribution >= 4 is 17.3 Å². The summed E-state index contributed by atoms with van der Waals surface area (Å²) in [6.45, 7) is 6.01. The maximum Gasteiger partial charge on any atom is 0.227 e. The van der Waals surface area contributed by atoms with Gasteiger partial charge < -0.3 is 20.7 Å². The maximum absolute atomic E-state index is 12.4. The lowest BCUT2D eigenvalue weighted by molar-refractivity contribution is -0.120. The lowest BCUT2D eigenvalue weighted by atomic mass is 9.86. The van der Waals surface area contributed by atoms with Gasteiger partial charge in [-0.2, -0.15) is 0 Å². The molecular weight excluding hydrogens is 302 g/mol. The van der Waals surface area contributed by atoms with E-state index in [9.17, 15) is 4.79 Å². The average molecular weight is 331 g/mol. The van der Waals surface area contributed by atoms with Crippen molar-refractivity contribution < 1.29 is 9.53 Å². The van der Waals surface area contributed by atoms with Crippen LogP contribution in [0.4, 0.5) is 11.4 Å². The average Bonchev–Trinajstić information content (AvgIpc) is 2.55. The molecule has 3 N–H and O–H groups in total. The van der Waals surface area contributed by atoms with Gasteiger partial charge in [0.2, 0.25) is 5.91 Å². The smallest absolute Gasteiger partial charge is 0.227 e.